The van der Waals surface area contributed by atoms with Crippen molar-refractivity contribution in [3.8, 4) is 5.88 Å². The molecule has 0 aliphatic rings. The molecule has 0 bridgehead atoms. The van der Waals surface area contributed by atoms with Crippen molar-refractivity contribution in [2.24, 2.45) is 7.05 Å². The Kier molecular flexibility index (Phi) is 5.52. The van der Waals surface area contributed by atoms with Crippen LogP contribution in [0.15, 0.2) is 36.5 Å². The lowest BCUT2D eigenvalue weighted by Gasteiger charge is -2.05. The Morgan fingerprint density at radius 2 is 2.00 bits per heavy atom. The standard InChI is InChI=1S/C13H17N3O.ClH/c1-16-10-12(13(15-16)17-2)14-9-8-11-6-4-3-5-7-11;/h3-7,10,14H,8-9H2,1-2H3;1H. The van der Waals surface area contributed by atoms with E-state index in [0.717, 1.165) is 18.7 Å². The maximum absolute atomic E-state index is 5.17. The number of ether oxygens (including phenoxy) is 1. The van der Waals surface area contributed by atoms with E-state index in [4.69, 9.17) is 4.74 Å². The number of methoxy groups -OCH3 is 1. The molecular formula is C13H18ClN3O. The van der Waals surface area contributed by atoms with Crippen LogP contribution >= 0.6 is 12.4 Å². The summed E-state index contributed by atoms with van der Waals surface area (Å²) in [5.41, 5.74) is 2.26. The summed E-state index contributed by atoms with van der Waals surface area (Å²) >= 11 is 0. The third-order valence-electron chi connectivity index (χ3n) is 2.56. The van der Waals surface area contributed by atoms with Gasteiger partial charge in [-0.05, 0) is 12.0 Å². The normalized spacial score (nSPS) is 9.67. The Labute approximate surface area is 113 Å². The third-order valence-corrected chi connectivity index (χ3v) is 2.56. The molecule has 0 unspecified atom stereocenters. The van der Waals surface area contributed by atoms with Gasteiger partial charge >= 0.3 is 0 Å². The number of hydrogen-bond acceptors (Lipinski definition) is 3. The minimum atomic E-state index is 0. The van der Waals surface area contributed by atoms with E-state index in [1.807, 2.05) is 19.3 Å². The summed E-state index contributed by atoms with van der Waals surface area (Å²) in [5, 5.41) is 7.51. The van der Waals surface area contributed by atoms with Crippen LogP contribution in [0.3, 0.4) is 0 Å². The van der Waals surface area contributed by atoms with E-state index in [1.54, 1.807) is 11.8 Å². The third kappa shape index (κ3) is 3.67. The van der Waals surface area contributed by atoms with E-state index < -0.39 is 0 Å². The largest absolute Gasteiger partial charge is 0.478 e. The SMILES string of the molecule is COc1nn(C)cc1NCCc1ccccc1.Cl. The van der Waals surface area contributed by atoms with Crippen molar-refractivity contribution in [2.75, 3.05) is 19.0 Å². The van der Waals surface area contributed by atoms with E-state index in [9.17, 15) is 0 Å². The Bertz CT molecular complexity index is 470. The number of aryl methyl sites for hydroxylation is 1. The van der Waals surface area contributed by atoms with E-state index in [2.05, 4.69) is 34.7 Å². The molecule has 0 aliphatic heterocycles. The second-order valence-corrected chi connectivity index (χ2v) is 3.89. The average molecular weight is 268 g/mol. The van der Waals surface area contributed by atoms with Crippen LogP contribution in [0.4, 0.5) is 5.69 Å². The van der Waals surface area contributed by atoms with Crippen LogP contribution in [0.5, 0.6) is 5.88 Å². The number of anilines is 1. The number of benzene rings is 1. The van der Waals surface area contributed by atoms with Crippen molar-refractivity contribution < 1.29 is 4.74 Å². The van der Waals surface area contributed by atoms with Crippen LogP contribution in [0.2, 0.25) is 0 Å². The molecule has 0 spiro atoms. The van der Waals surface area contributed by atoms with Gasteiger partial charge in [-0.3, -0.25) is 4.68 Å². The highest BCUT2D eigenvalue weighted by Crippen LogP contribution is 2.20. The van der Waals surface area contributed by atoms with Gasteiger partial charge in [0.1, 0.15) is 5.69 Å². The van der Waals surface area contributed by atoms with Gasteiger partial charge in [-0.25, -0.2) is 0 Å². The first-order valence-electron chi connectivity index (χ1n) is 5.65. The van der Waals surface area contributed by atoms with Crippen LogP contribution < -0.4 is 10.1 Å². The molecule has 1 heterocycles. The quantitative estimate of drug-likeness (QED) is 0.905. The maximum Gasteiger partial charge on any atom is 0.256 e. The lowest BCUT2D eigenvalue weighted by molar-refractivity contribution is 0.393. The monoisotopic (exact) mass is 267 g/mol. The van der Waals surface area contributed by atoms with Crippen molar-refractivity contribution in [1.29, 1.82) is 0 Å². The summed E-state index contributed by atoms with van der Waals surface area (Å²) in [5.74, 6) is 0.639. The van der Waals surface area contributed by atoms with Crippen molar-refractivity contribution in [3.05, 3.63) is 42.1 Å². The highest BCUT2D eigenvalue weighted by molar-refractivity contribution is 5.85. The topological polar surface area (TPSA) is 39.1 Å². The van der Waals surface area contributed by atoms with Crippen molar-refractivity contribution in [3.63, 3.8) is 0 Å². The summed E-state index contributed by atoms with van der Waals surface area (Å²) in [7, 11) is 3.51. The van der Waals surface area contributed by atoms with Crippen LogP contribution in [0.25, 0.3) is 0 Å². The Hall–Kier alpha value is -1.68. The van der Waals surface area contributed by atoms with Crippen molar-refractivity contribution in [2.45, 2.75) is 6.42 Å². The number of hydrogen-bond donors (Lipinski definition) is 1. The number of halogens is 1. The smallest absolute Gasteiger partial charge is 0.256 e. The first-order chi connectivity index (χ1) is 8.29. The molecule has 98 valence electrons. The molecule has 0 aliphatic carbocycles. The van der Waals surface area contributed by atoms with E-state index in [0.29, 0.717) is 5.88 Å². The first-order valence-corrected chi connectivity index (χ1v) is 5.65. The molecule has 1 aromatic carbocycles. The molecule has 5 heteroatoms. The molecule has 4 nitrogen and oxygen atoms in total. The lowest BCUT2D eigenvalue weighted by Crippen LogP contribution is -2.05. The first kappa shape index (κ1) is 14.4. The molecule has 0 saturated heterocycles. The van der Waals surface area contributed by atoms with Crippen LogP contribution in [-0.4, -0.2) is 23.4 Å². The average Bonchev–Trinajstić information content (AvgIpc) is 2.71. The molecule has 18 heavy (non-hydrogen) atoms. The van der Waals surface area contributed by atoms with Gasteiger partial charge in [0.2, 0.25) is 0 Å². The van der Waals surface area contributed by atoms with Gasteiger partial charge in [-0.15, -0.1) is 17.5 Å². The summed E-state index contributed by atoms with van der Waals surface area (Å²) in [6, 6.07) is 10.4. The van der Waals surface area contributed by atoms with Crippen LogP contribution in [-0.2, 0) is 13.5 Å². The van der Waals surface area contributed by atoms with Gasteiger partial charge in [0.15, 0.2) is 0 Å². The fourth-order valence-corrected chi connectivity index (χ4v) is 1.73. The second-order valence-electron chi connectivity index (χ2n) is 3.89. The fourth-order valence-electron chi connectivity index (χ4n) is 1.73. The fraction of sp³-hybridized carbons (Fsp3) is 0.308. The predicted molar refractivity (Wildman–Crippen MR) is 75.6 cm³/mol. The zero-order valence-electron chi connectivity index (χ0n) is 10.6. The predicted octanol–water partition coefficient (Wildman–Crippen LogP) is 2.51. The summed E-state index contributed by atoms with van der Waals surface area (Å²) in [6.07, 6.45) is 2.91. The minimum Gasteiger partial charge on any atom is -0.478 e. The number of aromatic nitrogens is 2. The lowest BCUT2D eigenvalue weighted by atomic mass is 10.1. The Balaban J connectivity index is 0.00000162. The number of rotatable bonds is 5. The molecule has 0 amide bonds. The molecular weight excluding hydrogens is 250 g/mol. The minimum absolute atomic E-state index is 0. The Morgan fingerprint density at radius 1 is 1.28 bits per heavy atom. The van der Waals surface area contributed by atoms with Crippen LogP contribution in [0, 0.1) is 0 Å². The molecule has 2 rings (SSSR count). The molecule has 1 N–H and O–H groups in total. The van der Waals surface area contributed by atoms with Gasteiger partial charge in [0.25, 0.3) is 5.88 Å². The van der Waals surface area contributed by atoms with E-state index in [1.165, 1.54) is 5.56 Å². The molecule has 0 radical (unpaired) electrons. The highest BCUT2D eigenvalue weighted by atomic mass is 35.5. The van der Waals surface area contributed by atoms with Gasteiger partial charge < -0.3 is 10.1 Å². The van der Waals surface area contributed by atoms with E-state index in [-0.39, 0.29) is 12.4 Å². The number of nitrogens with zero attached hydrogens (tertiary/aromatic N) is 2. The summed E-state index contributed by atoms with van der Waals surface area (Å²) in [6.45, 7) is 0.867. The summed E-state index contributed by atoms with van der Waals surface area (Å²) < 4.78 is 6.91. The van der Waals surface area contributed by atoms with Crippen molar-refractivity contribution in [1.82, 2.24) is 9.78 Å². The molecule has 1 aromatic heterocycles. The van der Waals surface area contributed by atoms with Crippen LogP contribution in [0.1, 0.15) is 5.56 Å². The molecule has 0 fully saturated rings. The Morgan fingerprint density at radius 3 is 2.67 bits per heavy atom. The van der Waals surface area contributed by atoms with Gasteiger partial charge in [-0.1, -0.05) is 30.3 Å². The second kappa shape index (κ2) is 6.91. The molecule has 2 aromatic rings. The highest BCUT2D eigenvalue weighted by Gasteiger charge is 2.06. The van der Waals surface area contributed by atoms with Crippen molar-refractivity contribution >= 4 is 18.1 Å². The molecule has 0 saturated carbocycles. The van der Waals surface area contributed by atoms with Gasteiger partial charge in [0, 0.05) is 13.6 Å². The maximum atomic E-state index is 5.17. The van der Waals surface area contributed by atoms with Gasteiger partial charge in [0.05, 0.1) is 13.3 Å². The number of nitrogens with one attached hydrogen (secondary N) is 1. The zero-order chi connectivity index (χ0) is 12.1. The van der Waals surface area contributed by atoms with Gasteiger partial charge in [-0.2, -0.15) is 0 Å². The summed E-state index contributed by atoms with van der Waals surface area (Å²) in [4.78, 5) is 0. The van der Waals surface area contributed by atoms with E-state index >= 15 is 0 Å². The zero-order valence-corrected chi connectivity index (χ0v) is 11.4. The molecule has 0 atom stereocenters.